The minimum Gasteiger partial charge on any atom is -0.431 e. The molecule has 13 heteroatoms. The van der Waals surface area contributed by atoms with Gasteiger partial charge in [0.25, 0.3) is 0 Å². The van der Waals surface area contributed by atoms with Crippen LogP contribution in [0.2, 0.25) is 0 Å². The number of alkyl halides is 4. The Morgan fingerprint density at radius 1 is 1.22 bits per heavy atom. The monoisotopic (exact) mass is 457 g/mol. The largest absolute Gasteiger partial charge is 0.431 e. The summed E-state index contributed by atoms with van der Waals surface area (Å²) < 4.78 is 63.9. The number of amides is 1. The minimum absolute atomic E-state index is 0.0238. The number of aryl methyl sites for hydroxylation is 1. The Morgan fingerprint density at radius 2 is 1.88 bits per heavy atom. The Balaban J connectivity index is 1.69. The number of halogens is 4. The van der Waals surface area contributed by atoms with Crippen molar-refractivity contribution in [2.45, 2.75) is 51.2 Å². The van der Waals surface area contributed by atoms with Crippen LogP contribution in [-0.2, 0) is 10.2 Å². The third-order valence-electron chi connectivity index (χ3n) is 5.17. The Kier molecular flexibility index (Phi) is 7.01. The number of carbonyl (C=O) groups excluding carboxylic acids is 1. The summed E-state index contributed by atoms with van der Waals surface area (Å²) in [6, 6.07) is 5.73. The molecule has 1 heterocycles. The summed E-state index contributed by atoms with van der Waals surface area (Å²) in [7, 11) is 0. The lowest BCUT2D eigenvalue weighted by atomic mass is 9.67. The molecule has 9 nitrogen and oxygen atoms in total. The normalized spacial score (nSPS) is 20.6. The number of ether oxygens (including phenoxy) is 2. The van der Waals surface area contributed by atoms with Gasteiger partial charge in [-0.2, -0.15) is 27.8 Å². The number of nitriles is 1. The van der Waals surface area contributed by atoms with Crippen LogP contribution in [0.5, 0.6) is 11.5 Å². The Labute approximate surface area is 179 Å². The molecule has 0 spiro atoms. The number of hydrogen-bond donors (Lipinski definition) is 2. The number of rotatable bonds is 8. The number of hydrogen-bond acceptors (Lipinski definition) is 8. The van der Waals surface area contributed by atoms with Crippen molar-refractivity contribution in [3.05, 3.63) is 29.6 Å². The van der Waals surface area contributed by atoms with Crippen LogP contribution in [0.1, 0.15) is 37.1 Å². The number of benzene rings is 1. The van der Waals surface area contributed by atoms with Crippen molar-refractivity contribution in [3.8, 4) is 17.6 Å². The molecular weight excluding hydrogens is 438 g/mol. The molecule has 0 atom stereocenters. The van der Waals surface area contributed by atoms with Crippen molar-refractivity contribution < 1.29 is 36.4 Å². The first-order valence-corrected chi connectivity index (χ1v) is 9.54. The van der Waals surface area contributed by atoms with Crippen LogP contribution in [0.4, 0.5) is 23.6 Å². The summed E-state index contributed by atoms with van der Waals surface area (Å²) in [5, 5.41) is 13.4. The molecule has 2 aromatic rings. The molecule has 2 N–H and O–H groups in total. The molecule has 0 unspecified atom stereocenters. The Hall–Kier alpha value is -3.56. The molecule has 1 saturated carbocycles. The number of nitrogens with one attached hydrogen (secondary N) is 2. The number of aromatic nitrogens is 2. The van der Waals surface area contributed by atoms with E-state index < -0.39 is 36.1 Å². The standard InChI is InChI=1S/C19H19F4N5O4/c1-10-25-18(32-28-10)27-26-15(29)11-4-6-19(9-24,7-5-11)12-2-3-13(30-16(20)21)14(8-12)31-17(22)23/h2-3,8,11,16-17H,4-7H2,1H3,(H,26,29)(H,25,27,28). The van der Waals surface area contributed by atoms with E-state index in [2.05, 4.69) is 36.5 Å². The quantitative estimate of drug-likeness (QED) is 0.455. The van der Waals surface area contributed by atoms with Gasteiger partial charge in [0.15, 0.2) is 17.3 Å². The lowest BCUT2D eigenvalue weighted by molar-refractivity contribution is -0.125. The zero-order valence-electron chi connectivity index (χ0n) is 16.8. The first-order chi connectivity index (χ1) is 15.2. The fraction of sp³-hybridized carbons (Fsp3) is 0.474. The van der Waals surface area contributed by atoms with Crippen LogP contribution in [0.3, 0.4) is 0 Å². The first-order valence-electron chi connectivity index (χ1n) is 9.54. The van der Waals surface area contributed by atoms with Crippen LogP contribution in [0.15, 0.2) is 22.7 Å². The van der Waals surface area contributed by atoms with Crippen LogP contribution in [0.25, 0.3) is 0 Å². The lowest BCUT2D eigenvalue weighted by Gasteiger charge is -2.35. The number of hydrazine groups is 1. The smallest absolute Gasteiger partial charge is 0.387 e. The van der Waals surface area contributed by atoms with Gasteiger partial charge < -0.3 is 14.0 Å². The molecule has 3 rings (SSSR count). The van der Waals surface area contributed by atoms with E-state index in [0.717, 1.165) is 12.1 Å². The maximum absolute atomic E-state index is 12.7. The van der Waals surface area contributed by atoms with E-state index in [1.54, 1.807) is 6.92 Å². The minimum atomic E-state index is -3.27. The van der Waals surface area contributed by atoms with Crippen molar-refractivity contribution in [2.75, 3.05) is 5.43 Å². The van der Waals surface area contributed by atoms with Gasteiger partial charge >= 0.3 is 19.2 Å². The third-order valence-corrected chi connectivity index (χ3v) is 5.17. The molecule has 1 fully saturated rings. The van der Waals surface area contributed by atoms with Gasteiger partial charge in [0.05, 0.1) is 11.5 Å². The van der Waals surface area contributed by atoms with Crippen LogP contribution < -0.4 is 20.3 Å². The molecular formula is C19H19F4N5O4. The molecule has 1 aliphatic carbocycles. The second kappa shape index (κ2) is 9.71. The molecule has 172 valence electrons. The predicted molar refractivity (Wildman–Crippen MR) is 99.8 cm³/mol. The summed E-state index contributed by atoms with van der Waals surface area (Å²) in [5.74, 6) is -1.53. The van der Waals surface area contributed by atoms with Gasteiger partial charge in [-0.15, -0.1) is 0 Å². The number of anilines is 1. The fourth-order valence-corrected chi connectivity index (χ4v) is 3.59. The van der Waals surface area contributed by atoms with Gasteiger partial charge in [-0.25, -0.2) is 5.43 Å². The zero-order chi connectivity index (χ0) is 23.3. The average molecular weight is 457 g/mol. The average Bonchev–Trinajstić information content (AvgIpc) is 3.17. The maximum Gasteiger partial charge on any atom is 0.387 e. The lowest BCUT2D eigenvalue weighted by Crippen LogP contribution is -2.40. The molecule has 1 aromatic heterocycles. The highest BCUT2D eigenvalue weighted by atomic mass is 19.3. The van der Waals surface area contributed by atoms with Crippen LogP contribution >= 0.6 is 0 Å². The molecule has 1 aliphatic rings. The highest BCUT2D eigenvalue weighted by Crippen LogP contribution is 2.44. The van der Waals surface area contributed by atoms with Crippen molar-refractivity contribution in [3.63, 3.8) is 0 Å². The van der Waals surface area contributed by atoms with E-state index in [0.29, 0.717) is 24.2 Å². The Bertz CT molecular complexity index is 986. The van der Waals surface area contributed by atoms with Gasteiger partial charge in [0, 0.05) is 5.92 Å². The van der Waals surface area contributed by atoms with Crippen molar-refractivity contribution >= 4 is 11.9 Å². The molecule has 0 saturated heterocycles. The summed E-state index contributed by atoms with van der Waals surface area (Å²) >= 11 is 0. The SMILES string of the molecule is Cc1noc(NNC(=O)C2CCC(C#N)(c3ccc(OC(F)F)c(OC(F)F)c3)CC2)n1. The number of carbonyl (C=O) groups is 1. The van der Waals surface area contributed by atoms with E-state index in [-0.39, 0.29) is 24.8 Å². The first kappa shape index (κ1) is 23.1. The zero-order valence-corrected chi connectivity index (χ0v) is 16.8. The Morgan fingerprint density at radius 3 is 2.44 bits per heavy atom. The highest BCUT2D eigenvalue weighted by Gasteiger charge is 2.40. The molecule has 0 bridgehead atoms. The molecule has 1 amide bonds. The van der Waals surface area contributed by atoms with Crippen molar-refractivity contribution in [1.82, 2.24) is 15.6 Å². The van der Waals surface area contributed by atoms with Gasteiger partial charge in [0.1, 0.15) is 0 Å². The number of nitrogens with zero attached hydrogens (tertiary/aromatic N) is 3. The van der Waals surface area contributed by atoms with Crippen LogP contribution in [0, 0.1) is 24.2 Å². The topological polar surface area (TPSA) is 122 Å². The molecule has 1 aromatic carbocycles. The highest BCUT2D eigenvalue weighted by molar-refractivity contribution is 5.79. The summed E-state index contributed by atoms with van der Waals surface area (Å²) in [4.78, 5) is 16.3. The predicted octanol–water partition coefficient (Wildman–Crippen LogP) is 3.68. The second-order valence-electron chi connectivity index (χ2n) is 7.15. The van der Waals surface area contributed by atoms with E-state index in [1.165, 1.54) is 6.07 Å². The summed E-state index contributed by atoms with van der Waals surface area (Å²) in [5.41, 5.74) is 4.19. The van der Waals surface area contributed by atoms with E-state index in [4.69, 9.17) is 4.52 Å². The van der Waals surface area contributed by atoms with Gasteiger partial charge in [-0.1, -0.05) is 11.2 Å². The van der Waals surface area contributed by atoms with Crippen molar-refractivity contribution in [2.24, 2.45) is 5.92 Å². The fourth-order valence-electron chi connectivity index (χ4n) is 3.59. The van der Waals surface area contributed by atoms with Gasteiger partial charge in [0.2, 0.25) is 5.91 Å². The molecule has 0 aliphatic heterocycles. The second-order valence-corrected chi connectivity index (χ2v) is 7.15. The van der Waals surface area contributed by atoms with Crippen molar-refractivity contribution in [1.29, 1.82) is 5.26 Å². The van der Waals surface area contributed by atoms with Gasteiger partial charge in [-0.3, -0.25) is 10.2 Å². The van der Waals surface area contributed by atoms with Gasteiger partial charge in [-0.05, 0) is 50.3 Å². The summed E-state index contributed by atoms with van der Waals surface area (Å²) in [6.45, 7) is -4.88. The third kappa shape index (κ3) is 5.37. The van der Waals surface area contributed by atoms with Crippen LogP contribution in [-0.4, -0.2) is 29.3 Å². The molecule has 0 radical (unpaired) electrons. The summed E-state index contributed by atoms with van der Waals surface area (Å²) in [6.07, 6.45) is 1.13. The maximum atomic E-state index is 12.7. The molecule has 32 heavy (non-hydrogen) atoms. The van der Waals surface area contributed by atoms with E-state index in [1.807, 2.05) is 0 Å². The van der Waals surface area contributed by atoms with E-state index in [9.17, 15) is 27.6 Å². The van der Waals surface area contributed by atoms with E-state index >= 15 is 0 Å².